The molecule has 0 fully saturated rings. The van der Waals surface area contributed by atoms with Gasteiger partial charge in [0.2, 0.25) is 5.91 Å². The Morgan fingerprint density at radius 2 is 2.00 bits per heavy atom. The van der Waals surface area contributed by atoms with Crippen LogP contribution in [0, 0.1) is 24.1 Å². The fraction of sp³-hybridized carbons (Fsp3) is 0.227. The Hall–Kier alpha value is -3.11. The van der Waals surface area contributed by atoms with Gasteiger partial charge in [-0.25, -0.2) is 9.37 Å². The van der Waals surface area contributed by atoms with Crippen molar-refractivity contribution in [1.29, 1.82) is 5.26 Å². The van der Waals surface area contributed by atoms with E-state index in [9.17, 15) is 9.18 Å². The summed E-state index contributed by atoms with van der Waals surface area (Å²) in [7, 11) is 1.61. The van der Waals surface area contributed by atoms with E-state index in [1.165, 1.54) is 28.8 Å². The van der Waals surface area contributed by atoms with Crippen molar-refractivity contribution >= 4 is 34.3 Å². The van der Waals surface area contributed by atoms with Gasteiger partial charge in [0, 0.05) is 23.7 Å². The van der Waals surface area contributed by atoms with E-state index >= 15 is 0 Å². The van der Waals surface area contributed by atoms with Crippen molar-refractivity contribution in [3.05, 3.63) is 59.9 Å². The van der Waals surface area contributed by atoms with Gasteiger partial charge >= 0.3 is 0 Å². The van der Waals surface area contributed by atoms with Crippen LogP contribution in [-0.2, 0) is 4.79 Å². The highest BCUT2D eigenvalue weighted by Gasteiger charge is 2.17. The molecule has 0 radical (unpaired) electrons. The summed E-state index contributed by atoms with van der Waals surface area (Å²) in [5.74, 6) is 0.343. The zero-order valence-electron chi connectivity index (χ0n) is 16.2. The molecule has 0 N–H and O–H groups in total. The summed E-state index contributed by atoms with van der Waals surface area (Å²) in [6.07, 6.45) is 0.195. The zero-order chi connectivity index (χ0) is 20.8. The van der Waals surface area contributed by atoms with E-state index in [1.807, 2.05) is 37.3 Å². The Balaban J connectivity index is 1.78. The summed E-state index contributed by atoms with van der Waals surface area (Å²) >= 11 is 1.33. The second kappa shape index (κ2) is 9.39. The molecule has 5 nitrogen and oxygen atoms in total. The number of hydrogen-bond acceptors (Lipinski definition) is 5. The normalized spacial score (nSPS) is 10.6. The monoisotopic (exact) mass is 409 g/mol. The zero-order valence-corrected chi connectivity index (χ0v) is 17.0. The lowest BCUT2D eigenvalue weighted by molar-refractivity contribution is -0.116. The first-order chi connectivity index (χ1) is 14.0. The largest absolute Gasteiger partial charge is 0.497 e. The molecular weight excluding hydrogens is 389 g/mol. The molecule has 2 aromatic carbocycles. The highest BCUT2D eigenvalue weighted by Crippen LogP contribution is 2.27. The number of fused-ring (bicyclic) bond motifs is 1. The number of nitrogens with zero attached hydrogens (tertiary/aromatic N) is 3. The topological polar surface area (TPSA) is 66.2 Å². The molecule has 0 saturated carbocycles. The molecule has 0 unspecified atom stereocenters. The third-order valence-corrected chi connectivity index (χ3v) is 5.33. The number of aryl methyl sites for hydroxylation is 1. The Labute approximate surface area is 173 Å². The summed E-state index contributed by atoms with van der Waals surface area (Å²) in [4.78, 5) is 19.0. The number of pyridine rings is 1. The van der Waals surface area contributed by atoms with Crippen molar-refractivity contribution in [3.8, 4) is 11.8 Å². The Morgan fingerprint density at radius 1 is 1.24 bits per heavy atom. The van der Waals surface area contributed by atoms with Crippen LogP contribution >= 0.6 is 11.8 Å². The van der Waals surface area contributed by atoms with Crippen LogP contribution in [0.25, 0.3) is 10.9 Å². The van der Waals surface area contributed by atoms with E-state index < -0.39 is 0 Å². The maximum atomic E-state index is 13.2. The molecule has 3 rings (SSSR count). The number of methoxy groups -OCH3 is 1. The van der Waals surface area contributed by atoms with Gasteiger partial charge < -0.3 is 9.64 Å². The fourth-order valence-corrected chi connectivity index (χ4v) is 3.80. The summed E-state index contributed by atoms with van der Waals surface area (Å²) in [5.41, 5.74) is 2.44. The molecule has 1 amide bonds. The molecule has 7 heteroatoms. The number of aromatic nitrogens is 1. The van der Waals surface area contributed by atoms with Gasteiger partial charge in [-0.05, 0) is 55.0 Å². The van der Waals surface area contributed by atoms with Crippen LogP contribution in [0.2, 0.25) is 0 Å². The number of thioether (sulfide) groups is 1. The van der Waals surface area contributed by atoms with Crippen molar-refractivity contribution in [3.63, 3.8) is 0 Å². The lowest BCUT2D eigenvalue weighted by atomic mass is 10.1. The molecule has 3 aromatic rings. The average molecular weight is 409 g/mol. The molecule has 148 valence electrons. The molecule has 0 saturated heterocycles. The van der Waals surface area contributed by atoms with Gasteiger partial charge in [0.15, 0.2) is 0 Å². The Bertz CT molecular complexity index is 1060. The van der Waals surface area contributed by atoms with Gasteiger partial charge in [0.1, 0.15) is 11.6 Å². The Kier molecular flexibility index (Phi) is 6.68. The van der Waals surface area contributed by atoms with E-state index in [0.29, 0.717) is 5.69 Å². The summed E-state index contributed by atoms with van der Waals surface area (Å²) < 4.78 is 18.5. The number of ether oxygens (including phenoxy) is 1. The van der Waals surface area contributed by atoms with Crippen LogP contribution in [0.5, 0.6) is 5.75 Å². The molecule has 0 spiro atoms. The first-order valence-corrected chi connectivity index (χ1v) is 10.0. The lowest BCUT2D eigenvalue weighted by Gasteiger charge is -2.21. The van der Waals surface area contributed by atoms with Crippen molar-refractivity contribution in [2.45, 2.75) is 18.4 Å². The summed E-state index contributed by atoms with van der Waals surface area (Å²) in [6.45, 7) is 2.25. The van der Waals surface area contributed by atoms with E-state index in [0.717, 1.165) is 27.2 Å². The molecule has 0 aliphatic carbocycles. The molecule has 0 aliphatic heterocycles. The summed E-state index contributed by atoms with van der Waals surface area (Å²) in [5, 5.41) is 10.7. The smallest absolute Gasteiger partial charge is 0.237 e. The molecule has 1 aromatic heterocycles. The predicted molar refractivity (Wildman–Crippen MR) is 113 cm³/mol. The van der Waals surface area contributed by atoms with Crippen molar-refractivity contribution < 1.29 is 13.9 Å². The highest BCUT2D eigenvalue weighted by atomic mass is 32.2. The quantitative estimate of drug-likeness (QED) is 0.528. The number of nitriles is 1. The second-order valence-corrected chi connectivity index (χ2v) is 7.37. The van der Waals surface area contributed by atoms with E-state index in [1.54, 1.807) is 19.2 Å². The molecular formula is C22H20FN3O2S. The number of rotatable bonds is 7. The van der Waals surface area contributed by atoms with Gasteiger partial charge in [-0.1, -0.05) is 11.8 Å². The van der Waals surface area contributed by atoms with Crippen molar-refractivity contribution in [2.75, 3.05) is 24.3 Å². The van der Waals surface area contributed by atoms with Crippen LogP contribution < -0.4 is 9.64 Å². The maximum absolute atomic E-state index is 13.2. The maximum Gasteiger partial charge on any atom is 0.237 e. The van der Waals surface area contributed by atoms with Crippen LogP contribution in [0.15, 0.2) is 53.6 Å². The van der Waals surface area contributed by atoms with Gasteiger partial charge in [-0.15, -0.1) is 0 Å². The number of amides is 1. The van der Waals surface area contributed by atoms with E-state index in [2.05, 4.69) is 4.98 Å². The number of carbonyl (C=O) groups excluding carboxylic acids is 1. The van der Waals surface area contributed by atoms with Gasteiger partial charge in [0.25, 0.3) is 0 Å². The SMILES string of the molecule is COc1ccc2c(C)cc(SCC(=O)N(CCC#N)c3ccc(F)cc3)nc2c1. The highest BCUT2D eigenvalue weighted by molar-refractivity contribution is 7.99. The second-order valence-electron chi connectivity index (χ2n) is 6.38. The molecule has 0 aliphatic rings. The van der Waals surface area contributed by atoms with Gasteiger partial charge in [0.05, 0.1) is 35.9 Å². The minimum Gasteiger partial charge on any atom is -0.497 e. The molecule has 29 heavy (non-hydrogen) atoms. The third kappa shape index (κ3) is 5.04. The minimum atomic E-state index is -0.373. The van der Waals surface area contributed by atoms with Crippen molar-refractivity contribution in [2.24, 2.45) is 0 Å². The first kappa shape index (κ1) is 20.6. The van der Waals surface area contributed by atoms with Crippen LogP contribution in [0.1, 0.15) is 12.0 Å². The average Bonchev–Trinajstić information content (AvgIpc) is 2.73. The third-order valence-electron chi connectivity index (χ3n) is 4.43. The number of benzene rings is 2. The van der Waals surface area contributed by atoms with E-state index in [4.69, 9.17) is 10.00 Å². The summed E-state index contributed by atoms with van der Waals surface area (Å²) in [6, 6.07) is 15.4. The number of carbonyl (C=O) groups is 1. The number of halogens is 1. The van der Waals surface area contributed by atoms with Gasteiger partial charge in [-0.3, -0.25) is 4.79 Å². The first-order valence-electron chi connectivity index (χ1n) is 9.03. The predicted octanol–water partition coefficient (Wildman–Crippen LogP) is 4.73. The molecule has 0 bridgehead atoms. The minimum absolute atomic E-state index is 0.157. The number of hydrogen-bond donors (Lipinski definition) is 0. The van der Waals surface area contributed by atoms with Crippen molar-refractivity contribution in [1.82, 2.24) is 4.98 Å². The Morgan fingerprint density at radius 3 is 2.69 bits per heavy atom. The molecule has 1 heterocycles. The van der Waals surface area contributed by atoms with Crippen LogP contribution in [0.4, 0.5) is 10.1 Å². The van der Waals surface area contributed by atoms with E-state index in [-0.39, 0.29) is 30.4 Å². The lowest BCUT2D eigenvalue weighted by Crippen LogP contribution is -2.33. The van der Waals surface area contributed by atoms with Gasteiger partial charge in [-0.2, -0.15) is 5.26 Å². The standard InChI is InChI=1S/C22H20FN3O2S/c1-15-12-21(25-20-13-18(28-2)8-9-19(15)20)29-14-22(27)26(11-3-10-24)17-6-4-16(23)5-7-17/h4-9,12-13H,3,11,14H2,1-2H3. The van der Waals surface area contributed by atoms with Crippen LogP contribution in [-0.4, -0.2) is 30.3 Å². The fourth-order valence-electron chi connectivity index (χ4n) is 2.95. The number of anilines is 1. The van der Waals surface area contributed by atoms with Crippen LogP contribution in [0.3, 0.4) is 0 Å². The molecule has 0 atom stereocenters.